The molecule has 1 aromatic carbocycles. The van der Waals surface area contributed by atoms with E-state index in [1.807, 2.05) is 0 Å². The summed E-state index contributed by atoms with van der Waals surface area (Å²) >= 11 is 2.45. The van der Waals surface area contributed by atoms with E-state index in [-0.39, 0.29) is 16.7 Å². The Bertz CT molecular complexity index is 379. The first-order chi connectivity index (χ1) is 6.63. The van der Waals surface area contributed by atoms with Crippen LogP contribution in [-0.2, 0) is 0 Å². The molecule has 2 rings (SSSR count). The van der Waals surface area contributed by atoms with Crippen LogP contribution < -0.4 is 0 Å². The molecule has 0 N–H and O–H groups in total. The lowest BCUT2D eigenvalue weighted by Gasteiger charge is -2.19. The zero-order chi connectivity index (χ0) is 10.3. The first-order valence-corrected chi connectivity index (χ1v) is 5.02. The highest BCUT2D eigenvalue weighted by molar-refractivity contribution is 6.25. The quantitative estimate of drug-likeness (QED) is 0.497. The fourth-order valence-electron chi connectivity index (χ4n) is 1.58. The van der Waals surface area contributed by atoms with Gasteiger partial charge in [0, 0.05) is 0 Å². The average molecular weight is 201 g/mol. The monoisotopic (exact) mass is 201 g/mol. The van der Waals surface area contributed by atoms with Gasteiger partial charge in [-0.3, -0.25) is 14.5 Å². The molecule has 0 aliphatic carbocycles. The predicted molar refractivity (Wildman–Crippen MR) is 52.2 cm³/mol. The van der Waals surface area contributed by atoms with E-state index in [1.165, 1.54) is 4.90 Å². The molecule has 3 nitrogen and oxygen atoms in total. The maximum atomic E-state index is 11.7. The number of hydrogen-bond donors (Lipinski definition) is 0. The van der Waals surface area contributed by atoms with Crippen LogP contribution in [0.15, 0.2) is 24.3 Å². The van der Waals surface area contributed by atoms with Crippen molar-refractivity contribution in [3.05, 3.63) is 35.4 Å². The molecular formula is C10H8AlNO2. The van der Waals surface area contributed by atoms with E-state index in [0.717, 1.165) is 0 Å². The van der Waals surface area contributed by atoms with Gasteiger partial charge < -0.3 is 0 Å². The van der Waals surface area contributed by atoms with Crippen LogP contribution in [0.4, 0.5) is 0 Å². The molecule has 0 bridgehead atoms. The van der Waals surface area contributed by atoms with Gasteiger partial charge in [-0.15, -0.1) is 0 Å². The molecule has 2 radical (unpaired) electrons. The van der Waals surface area contributed by atoms with Crippen LogP contribution in [0.2, 0.25) is 0 Å². The summed E-state index contributed by atoms with van der Waals surface area (Å²) in [5, 5.41) is 0. The lowest BCUT2D eigenvalue weighted by molar-refractivity contribution is 0.0642. The van der Waals surface area contributed by atoms with E-state index < -0.39 is 0 Å². The SMILES string of the molecule is C[CH]([Al])N1C(=O)c2ccccc2C1=O. The van der Waals surface area contributed by atoms with Gasteiger partial charge in [-0.05, 0) is 17.0 Å². The number of hydrogen-bond acceptors (Lipinski definition) is 2. The van der Waals surface area contributed by atoms with E-state index in [1.54, 1.807) is 31.2 Å². The maximum Gasteiger partial charge on any atom is 0.260 e. The molecule has 0 saturated carbocycles. The van der Waals surface area contributed by atoms with E-state index in [4.69, 9.17) is 0 Å². The van der Waals surface area contributed by atoms with Gasteiger partial charge in [-0.1, -0.05) is 19.1 Å². The molecule has 68 valence electrons. The lowest BCUT2D eigenvalue weighted by Crippen LogP contribution is -2.38. The highest BCUT2D eigenvalue weighted by atomic mass is 27.0. The van der Waals surface area contributed by atoms with Crippen molar-refractivity contribution in [1.29, 1.82) is 0 Å². The van der Waals surface area contributed by atoms with Crippen LogP contribution in [0.1, 0.15) is 27.6 Å². The molecule has 0 spiro atoms. The molecular weight excluding hydrogens is 193 g/mol. The molecule has 0 aromatic heterocycles. The Balaban J connectivity index is 2.54. The third kappa shape index (κ3) is 1.19. The summed E-state index contributed by atoms with van der Waals surface area (Å²) in [6, 6.07) is 6.90. The maximum absolute atomic E-state index is 11.7. The van der Waals surface area contributed by atoms with E-state index >= 15 is 0 Å². The van der Waals surface area contributed by atoms with Crippen molar-refractivity contribution in [1.82, 2.24) is 4.90 Å². The summed E-state index contributed by atoms with van der Waals surface area (Å²) in [6.45, 7) is 1.80. The molecule has 2 amide bonds. The van der Waals surface area contributed by atoms with Crippen molar-refractivity contribution in [2.75, 3.05) is 0 Å². The zero-order valence-corrected chi connectivity index (χ0v) is 8.88. The summed E-state index contributed by atoms with van der Waals surface area (Å²) in [5.41, 5.74) is 1.01. The van der Waals surface area contributed by atoms with Crippen LogP contribution in [0.5, 0.6) is 0 Å². The minimum atomic E-state index is -0.201. The van der Waals surface area contributed by atoms with Gasteiger partial charge in [0.05, 0.1) is 11.1 Å². The Morgan fingerprint density at radius 1 is 1.14 bits per heavy atom. The van der Waals surface area contributed by atoms with Crippen LogP contribution >= 0.6 is 0 Å². The van der Waals surface area contributed by atoms with Gasteiger partial charge in [0.1, 0.15) is 0 Å². The Morgan fingerprint density at radius 2 is 1.57 bits per heavy atom. The fourth-order valence-corrected chi connectivity index (χ4v) is 1.85. The first-order valence-electron chi connectivity index (χ1n) is 4.35. The number of rotatable bonds is 1. The minimum absolute atomic E-state index is 0.164. The van der Waals surface area contributed by atoms with E-state index in [0.29, 0.717) is 11.1 Å². The normalized spacial score (nSPS) is 17.1. The molecule has 1 heterocycles. The second-order valence-corrected chi connectivity index (χ2v) is 4.23. The standard InChI is InChI=1S/C10H8NO2.Al/c1-2-11-9(12)7-5-3-4-6-8(7)10(11)13;/h2-6H,1H3;. The Kier molecular flexibility index (Phi) is 2.18. The number of amides is 2. The second-order valence-electron chi connectivity index (χ2n) is 3.27. The van der Waals surface area contributed by atoms with Crippen molar-refractivity contribution >= 4 is 28.1 Å². The molecule has 14 heavy (non-hydrogen) atoms. The van der Waals surface area contributed by atoms with Crippen LogP contribution in [-0.4, -0.2) is 37.9 Å². The second kappa shape index (κ2) is 3.23. The Labute approximate surface area is 90.1 Å². The molecule has 1 aromatic rings. The van der Waals surface area contributed by atoms with Gasteiger partial charge in [0.2, 0.25) is 0 Å². The zero-order valence-electron chi connectivity index (χ0n) is 7.73. The van der Waals surface area contributed by atoms with Crippen molar-refractivity contribution < 1.29 is 9.59 Å². The molecule has 1 aliphatic rings. The number of carbonyl (C=O) groups is 2. The summed E-state index contributed by atoms with van der Waals surface area (Å²) in [5.74, 6) is -0.402. The molecule has 1 aliphatic heterocycles. The van der Waals surface area contributed by atoms with Gasteiger partial charge in [0.15, 0.2) is 16.3 Å². The van der Waals surface area contributed by atoms with Crippen LogP contribution in [0.3, 0.4) is 0 Å². The first kappa shape index (κ1) is 9.45. The summed E-state index contributed by atoms with van der Waals surface area (Å²) < 4.78 is 0. The smallest absolute Gasteiger partial charge is 0.260 e. The Hall–Kier alpha value is -1.11. The number of fused-ring (bicyclic) bond motifs is 1. The largest absolute Gasteiger partial charge is 0.288 e. The minimum Gasteiger partial charge on any atom is -0.288 e. The van der Waals surface area contributed by atoms with E-state index in [2.05, 4.69) is 16.3 Å². The van der Waals surface area contributed by atoms with Crippen LogP contribution in [0.25, 0.3) is 0 Å². The number of nitrogens with zero attached hydrogens (tertiary/aromatic N) is 1. The highest BCUT2D eigenvalue weighted by Crippen LogP contribution is 2.23. The molecule has 1 unspecified atom stereocenters. The predicted octanol–water partition coefficient (Wildman–Crippen LogP) is 0.797. The fraction of sp³-hybridized carbons (Fsp3) is 0.200. The highest BCUT2D eigenvalue weighted by Gasteiger charge is 2.35. The summed E-state index contributed by atoms with van der Waals surface area (Å²) in [6.07, 6.45) is 0. The van der Waals surface area contributed by atoms with Gasteiger partial charge in [-0.25, -0.2) is 0 Å². The van der Waals surface area contributed by atoms with Crippen molar-refractivity contribution in [2.45, 2.75) is 11.8 Å². The Morgan fingerprint density at radius 3 is 1.93 bits per heavy atom. The van der Waals surface area contributed by atoms with Gasteiger partial charge in [-0.2, -0.15) is 0 Å². The van der Waals surface area contributed by atoms with Crippen molar-refractivity contribution in [3.63, 3.8) is 0 Å². The van der Waals surface area contributed by atoms with Gasteiger partial charge >= 0.3 is 0 Å². The van der Waals surface area contributed by atoms with E-state index in [9.17, 15) is 9.59 Å². The molecule has 0 saturated heterocycles. The number of benzene rings is 1. The third-order valence-electron chi connectivity index (χ3n) is 2.23. The van der Waals surface area contributed by atoms with Crippen molar-refractivity contribution in [3.8, 4) is 0 Å². The average Bonchev–Trinajstić information content (AvgIpc) is 2.41. The van der Waals surface area contributed by atoms with Crippen LogP contribution in [0, 0.1) is 0 Å². The van der Waals surface area contributed by atoms with Gasteiger partial charge in [0.25, 0.3) is 11.8 Å². The number of carbonyl (C=O) groups excluding carboxylic acids is 2. The number of imide groups is 1. The molecule has 1 atom stereocenters. The lowest BCUT2D eigenvalue weighted by atomic mass is 10.1. The van der Waals surface area contributed by atoms with Crippen molar-refractivity contribution in [2.24, 2.45) is 0 Å². The topological polar surface area (TPSA) is 37.4 Å². The molecule has 0 fully saturated rings. The summed E-state index contributed by atoms with van der Waals surface area (Å²) in [4.78, 5) is 24.6. The summed E-state index contributed by atoms with van der Waals surface area (Å²) in [7, 11) is 0. The third-order valence-corrected chi connectivity index (χ3v) is 2.53. The molecule has 4 heteroatoms.